The molecular formula is C18H32IN5O2S. The van der Waals surface area contributed by atoms with Gasteiger partial charge in [0.2, 0.25) is 10.0 Å². The second-order valence-corrected chi connectivity index (χ2v) is 8.55. The van der Waals surface area contributed by atoms with Gasteiger partial charge in [-0.15, -0.1) is 24.0 Å². The Morgan fingerprint density at radius 3 is 2.59 bits per heavy atom. The first-order valence-electron chi connectivity index (χ1n) is 9.24. The molecule has 9 heteroatoms. The Bertz CT molecular complexity index is 705. The molecule has 1 heterocycles. The Hall–Kier alpha value is -1.07. The predicted octanol–water partition coefficient (Wildman–Crippen LogP) is 2.07. The highest BCUT2D eigenvalue weighted by atomic mass is 127. The van der Waals surface area contributed by atoms with Crippen LogP contribution in [0.1, 0.15) is 38.3 Å². The van der Waals surface area contributed by atoms with E-state index < -0.39 is 10.0 Å². The normalized spacial score (nSPS) is 16.0. The van der Waals surface area contributed by atoms with Crippen molar-refractivity contribution in [2.75, 3.05) is 43.9 Å². The zero-order chi connectivity index (χ0) is 19.0. The van der Waals surface area contributed by atoms with Gasteiger partial charge in [0.15, 0.2) is 5.96 Å². The van der Waals surface area contributed by atoms with E-state index in [1.54, 1.807) is 14.0 Å². The van der Waals surface area contributed by atoms with Gasteiger partial charge >= 0.3 is 0 Å². The van der Waals surface area contributed by atoms with Crippen LogP contribution in [0.25, 0.3) is 0 Å². The molecule has 1 aromatic rings. The molecule has 1 fully saturated rings. The first-order chi connectivity index (χ1) is 12.4. The topological polar surface area (TPSA) is 85.8 Å². The van der Waals surface area contributed by atoms with Crippen LogP contribution in [0.15, 0.2) is 29.3 Å². The van der Waals surface area contributed by atoms with Crippen molar-refractivity contribution in [3.8, 4) is 0 Å². The first-order valence-corrected chi connectivity index (χ1v) is 10.9. The quantitative estimate of drug-likeness (QED) is 0.216. The lowest BCUT2D eigenvalue weighted by Crippen LogP contribution is -2.42. The molecule has 1 aliphatic heterocycles. The Morgan fingerprint density at radius 2 is 1.96 bits per heavy atom. The van der Waals surface area contributed by atoms with Crippen molar-refractivity contribution in [3.05, 3.63) is 29.8 Å². The Morgan fingerprint density at radius 1 is 1.26 bits per heavy atom. The van der Waals surface area contributed by atoms with E-state index in [0.29, 0.717) is 19.0 Å². The largest absolute Gasteiger partial charge is 0.372 e. The zero-order valence-corrected chi connectivity index (χ0v) is 19.5. The number of hydrogen-bond donors (Lipinski definition) is 3. The van der Waals surface area contributed by atoms with Crippen molar-refractivity contribution in [2.24, 2.45) is 4.99 Å². The number of anilines is 1. The van der Waals surface area contributed by atoms with E-state index >= 15 is 0 Å². The summed E-state index contributed by atoms with van der Waals surface area (Å²) in [6.45, 7) is 6.77. The number of nitrogens with one attached hydrogen (secondary N) is 3. The van der Waals surface area contributed by atoms with Crippen LogP contribution in [0, 0.1) is 0 Å². The summed E-state index contributed by atoms with van der Waals surface area (Å²) >= 11 is 0. The van der Waals surface area contributed by atoms with E-state index in [-0.39, 0.29) is 35.8 Å². The Labute approximate surface area is 180 Å². The molecule has 7 nitrogen and oxygen atoms in total. The highest BCUT2D eigenvalue weighted by molar-refractivity contribution is 14.0. The van der Waals surface area contributed by atoms with Gasteiger partial charge in [0.25, 0.3) is 0 Å². The zero-order valence-electron chi connectivity index (χ0n) is 16.4. The van der Waals surface area contributed by atoms with Gasteiger partial charge in [-0.2, -0.15) is 0 Å². The fourth-order valence-electron chi connectivity index (χ4n) is 2.94. The second kappa shape index (κ2) is 11.7. The van der Waals surface area contributed by atoms with E-state index in [9.17, 15) is 8.42 Å². The molecule has 0 saturated carbocycles. The number of aliphatic imine (C=N–C) groups is 1. The summed E-state index contributed by atoms with van der Waals surface area (Å²) in [6, 6.07) is 8.69. The maximum Gasteiger partial charge on any atom is 0.211 e. The molecule has 0 aliphatic carbocycles. The molecule has 0 bridgehead atoms. The van der Waals surface area contributed by atoms with Gasteiger partial charge in [-0.25, -0.2) is 13.1 Å². The molecule has 1 atom stereocenters. The van der Waals surface area contributed by atoms with Crippen molar-refractivity contribution >= 4 is 45.6 Å². The average Bonchev–Trinajstić information content (AvgIpc) is 3.19. The molecule has 0 spiro atoms. The van der Waals surface area contributed by atoms with Crippen LogP contribution in [0.4, 0.5) is 5.69 Å². The minimum absolute atomic E-state index is 0. The summed E-state index contributed by atoms with van der Waals surface area (Å²) in [7, 11) is -1.45. The third-order valence-corrected chi connectivity index (χ3v) is 5.94. The molecule has 1 unspecified atom stereocenters. The molecule has 1 aromatic carbocycles. The number of rotatable bonds is 8. The lowest BCUT2D eigenvalue weighted by Gasteiger charge is -2.22. The predicted molar refractivity (Wildman–Crippen MR) is 124 cm³/mol. The minimum atomic E-state index is -3.16. The van der Waals surface area contributed by atoms with Crippen LogP contribution in [0.2, 0.25) is 0 Å². The lowest BCUT2D eigenvalue weighted by molar-refractivity contribution is 0.581. The maximum atomic E-state index is 11.4. The summed E-state index contributed by atoms with van der Waals surface area (Å²) in [4.78, 5) is 6.63. The average molecular weight is 509 g/mol. The lowest BCUT2D eigenvalue weighted by atomic mass is 10.1. The highest BCUT2D eigenvalue weighted by Gasteiger charge is 2.14. The second-order valence-electron chi connectivity index (χ2n) is 6.45. The number of nitrogens with zero attached hydrogens (tertiary/aromatic N) is 2. The standard InChI is InChI=1S/C18H31N5O2S.HI/c1-4-26(24,25)21-11-10-20-18(19-3)22-15(2)16-8-7-9-17(14-16)23-12-5-6-13-23;/h7-9,14-15,21H,4-6,10-13H2,1-3H3,(H2,19,20,22);1H. The molecule has 0 radical (unpaired) electrons. The van der Waals surface area contributed by atoms with Gasteiger partial charge in [0, 0.05) is 38.9 Å². The minimum Gasteiger partial charge on any atom is -0.372 e. The van der Waals surface area contributed by atoms with Crippen molar-refractivity contribution in [3.63, 3.8) is 0 Å². The molecular weight excluding hydrogens is 477 g/mol. The summed E-state index contributed by atoms with van der Waals surface area (Å²) in [6.07, 6.45) is 2.52. The third-order valence-electron chi connectivity index (χ3n) is 4.54. The molecule has 0 aromatic heterocycles. The SMILES string of the molecule is CCS(=O)(=O)NCCNC(=NC)NC(C)c1cccc(N2CCCC2)c1.I. The number of benzene rings is 1. The van der Waals surface area contributed by atoms with Gasteiger partial charge in [-0.3, -0.25) is 4.99 Å². The van der Waals surface area contributed by atoms with Crippen molar-refractivity contribution < 1.29 is 8.42 Å². The third kappa shape index (κ3) is 7.82. The van der Waals surface area contributed by atoms with E-state index in [0.717, 1.165) is 13.1 Å². The number of hydrogen-bond acceptors (Lipinski definition) is 4. The van der Waals surface area contributed by atoms with E-state index in [2.05, 4.69) is 56.4 Å². The van der Waals surface area contributed by atoms with Crippen molar-refractivity contribution in [1.29, 1.82) is 0 Å². The van der Waals surface area contributed by atoms with Crippen molar-refractivity contribution in [2.45, 2.75) is 32.7 Å². The Kier molecular flexibility index (Phi) is 10.4. The first kappa shape index (κ1) is 24.0. The number of sulfonamides is 1. The van der Waals surface area contributed by atoms with Gasteiger partial charge < -0.3 is 15.5 Å². The van der Waals surface area contributed by atoms with Gasteiger partial charge in [-0.1, -0.05) is 12.1 Å². The fraction of sp³-hybridized carbons (Fsp3) is 0.611. The smallest absolute Gasteiger partial charge is 0.211 e. The van der Waals surface area contributed by atoms with Gasteiger partial charge in [-0.05, 0) is 44.4 Å². The fourth-order valence-corrected chi connectivity index (χ4v) is 3.56. The van der Waals surface area contributed by atoms with E-state index in [1.165, 1.54) is 24.1 Å². The molecule has 3 N–H and O–H groups in total. The molecule has 27 heavy (non-hydrogen) atoms. The summed E-state index contributed by atoms with van der Waals surface area (Å²) < 4.78 is 25.4. The molecule has 0 amide bonds. The van der Waals surface area contributed by atoms with E-state index in [1.807, 2.05) is 0 Å². The molecule has 1 aliphatic rings. The monoisotopic (exact) mass is 509 g/mol. The highest BCUT2D eigenvalue weighted by Crippen LogP contribution is 2.23. The number of halogens is 1. The van der Waals surface area contributed by atoms with E-state index in [4.69, 9.17) is 0 Å². The van der Waals surface area contributed by atoms with Gasteiger partial charge in [0.1, 0.15) is 0 Å². The maximum absolute atomic E-state index is 11.4. The molecule has 1 saturated heterocycles. The van der Waals surface area contributed by atoms with Crippen LogP contribution in [-0.4, -0.2) is 53.4 Å². The molecule has 154 valence electrons. The van der Waals surface area contributed by atoms with Crippen LogP contribution < -0.4 is 20.3 Å². The molecule has 2 rings (SSSR count). The van der Waals surface area contributed by atoms with Crippen molar-refractivity contribution in [1.82, 2.24) is 15.4 Å². The summed E-state index contributed by atoms with van der Waals surface area (Å²) in [5.74, 6) is 0.740. The van der Waals surface area contributed by atoms with Crippen LogP contribution in [0.3, 0.4) is 0 Å². The van der Waals surface area contributed by atoms with Crippen LogP contribution in [-0.2, 0) is 10.0 Å². The summed E-state index contributed by atoms with van der Waals surface area (Å²) in [5.41, 5.74) is 2.47. The van der Waals surface area contributed by atoms with Gasteiger partial charge in [0.05, 0.1) is 11.8 Å². The summed E-state index contributed by atoms with van der Waals surface area (Å²) in [5, 5.41) is 6.49. The Balaban J connectivity index is 0.00000364. The number of guanidine groups is 1. The van der Waals surface area contributed by atoms with Crippen LogP contribution >= 0.6 is 24.0 Å². The van der Waals surface area contributed by atoms with Crippen LogP contribution in [0.5, 0.6) is 0 Å².